The molecule has 2 aromatic heterocycles. The van der Waals surface area contributed by atoms with Gasteiger partial charge in [0.2, 0.25) is 0 Å². The standard InChI is InChI=1S/C20H32N6O2/c1-5-24-9-11-25(12-10-24)8-6-7-21-20(27)19-18(17(4)28-23-19)14-26-16(3)13-15(2)22-26/h13H,5-12,14H2,1-4H3,(H,21,27). The molecule has 3 rings (SSSR count). The molecule has 28 heavy (non-hydrogen) atoms. The Morgan fingerprint density at radius 1 is 1.18 bits per heavy atom. The zero-order valence-corrected chi connectivity index (χ0v) is 17.5. The Morgan fingerprint density at radius 3 is 2.54 bits per heavy atom. The SMILES string of the molecule is CCN1CCN(CCCNC(=O)c2noc(C)c2Cn2nc(C)cc2C)CC1. The van der Waals surface area contributed by atoms with Crippen molar-refractivity contribution in [1.82, 2.24) is 30.1 Å². The van der Waals surface area contributed by atoms with Gasteiger partial charge in [-0.05, 0) is 46.3 Å². The predicted octanol–water partition coefficient (Wildman–Crippen LogP) is 1.60. The highest BCUT2D eigenvalue weighted by molar-refractivity contribution is 5.93. The number of aryl methyl sites for hydroxylation is 3. The molecule has 0 aliphatic carbocycles. The lowest BCUT2D eigenvalue weighted by Crippen LogP contribution is -2.46. The van der Waals surface area contributed by atoms with Gasteiger partial charge < -0.3 is 19.6 Å². The van der Waals surface area contributed by atoms with Crippen LogP contribution in [0.5, 0.6) is 0 Å². The van der Waals surface area contributed by atoms with Crippen LogP contribution in [-0.4, -0.2) is 76.5 Å². The number of nitrogens with zero attached hydrogens (tertiary/aromatic N) is 5. The number of rotatable bonds is 8. The van der Waals surface area contributed by atoms with Gasteiger partial charge in [-0.3, -0.25) is 9.48 Å². The lowest BCUT2D eigenvalue weighted by Gasteiger charge is -2.33. The van der Waals surface area contributed by atoms with Crippen LogP contribution in [-0.2, 0) is 6.54 Å². The summed E-state index contributed by atoms with van der Waals surface area (Å²) in [5, 5.41) is 11.5. The minimum atomic E-state index is -0.177. The van der Waals surface area contributed by atoms with Crippen molar-refractivity contribution in [2.75, 3.05) is 45.8 Å². The summed E-state index contributed by atoms with van der Waals surface area (Å²) < 4.78 is 7.17. The van der Waals surface area contributed by atoms with E-state index in [-0.39, 0.29) is 5.91 Å². The van der Waals surface area contributed by atoms with Gasteiger partial charge in [0.05, 0.1) is 12.2 Å². The molecule has 0 atom stereocenters. The van der Waals surface area contributed by atoms with Crippen molar-refractivity contribution in [3.05, 3.63) is 34.5 Å². The highest BCUT2D eigenvalue weighted by atomic mass is 16.5. The molecule has 0 aromatic carbocycles. The van der Waals surface area contributed by atoms with Gasteiger partial charge in [-0.15, -0.1) is 0 Å². The van der Waals surface area contributed by atoms with Crippen LogP contribution in [0.2, 0.25) is 0 Å². The molecule has 1 aliphatic rings. The smallest absolute Gasteiger partial charge is 0.273 e. The van der Waals surface area contributed by atoms with E-state index in [1.807, 2.05) is 31.5 Å². The third kappa shape index (κ3) is 4.99. The molecule has 154 valence electrons. The molecule has 2 aromatic rings. The summed E-state index contributed by atoms with van der Waals surface area (Å²) in [4.78, 5) is 17.5. The predicted molar refractivity (Wildman–Crippen MR) is 108 cm³/mol. The molecule has 0 bridgehead atoms. The number of nitrogens with one attached hydrogen (secondary N) is 1. The van der Waals surface area contributed by atoms with Gasteiger partial charge in [0.15, 0.2) is 5.69 Å². The molecule has 0 unspecified atom stereocenters. The molecule has 1 amide bonds. The Labute approximate surface area is 166 Å². The van der Waals surface area contributed by atoms with E-state index in [9.17, 15) is 4.79 Å². The Balaban J connectivity index is 1.49. The Kier molecular flexibility index (Phi) is 6.85. The number of carbonyl (C=O) groups excluding carboxylic acids is 1. The minimum Gasteiger partial charge on any atom is -0.361 e. The van der Waals surface area contributed by atoms with Crippen molar-refractivity contribution in [3.63, 3.8) is 0 Å². The highest BCUT2D eigenvalue weighted by Crippen LogP contribution is 2.16. The van der Waals surface area contributed by atoms with Crippen molar-refractivity contribution in [1.29, 1.82) is 0 Å². The third-order valence-electron chi connectivity index (χ3n) is 5.46. The summed E-state index contributed by atoms with van der Waals surface area (Å²) in [5.41, 5.74) is 3.16. The summed E-state index contributed by atoms with van der Waals surface area (Å²) >= 11 is 0. The van der Waals surface area contributed by atoms with Crippen LogP contribution in [0.15, 0.2) is 10.6 Å². The molecule has 1 saturated heterocycles. The normalized spacial score (nSPS) is 15.9. The van der Waals surface area contributed by atoms with Crippen molar-refractivity contribution in [3.8, 4) is 0 Å². The number of likely N-dealkylation sites (N-methyl/N-ethyl adjacent to an activating group) is 1. The van der Waals surface area contributed by atoms with E-state index < -0.39 is 0 Å². The van der Waals surface area contributed by atoms with E-state index in [1.165, 1.54) is 0 Å². The molecule has 1 aliphatic heterocycles. The van der Waals surface area contributed by atoms with E-state index in [2.05, 4.69) is 32.3 Å². The number of aromatic nitrogens is 3. The van der Waals surface area contributed by atoms with Gasteiger partial charge >= 0.3 is 0 Å². The van der Waals surface area contributed by atoms with Crippen LogP contribution in [0.1, 0.15) is 46.5 Å². The monoisotopic (exact) mass is 388 g/mol. The number of hydrogen-bond acceptors (Lipinski definition) is 6. The fourth-order valence-electron chi connectivity index (χ4n) is 3.66. The van der Waals surface area contributed by atoms with E-state index >= 15 is 0 Å². The summed E-state index contributed by atoms with van der Waals surface area (Å²) in [6, 6.07) is 2.02. The van der Waals surface area contributed by atoms with Crippen LogP contribution in [0.25, 0.3) is 0 Å². The fraction of sp³-hybridized carbons (Fsp3) is 0.650. The van der Waals surface area contributed by atoms with Crippen LogP contribution >= 0.6 is 0 Å². The molecule has 3 heterocycles. The fourth-order valence-corrected chi connectivity index (χ4v) is 3.66. The van der Waals surface area contributed by atoms with Crippen LogP contribution < -0.4 is 5.32 Å². The summed E-state index contributed by atoms with van der Waals surface area (Å²) in [6.07, 6.45) is 0.932. The van der Waals surface area contributed by atoms with Crippen molar-refractivity contribution < 1.29 is 9.32 Å². The summed E-state index contributed by atoms with van der Waals surface area (Å²) in [5.74, 6) is 0.482. The number of carbonyl (C=O) groups is 1. The minimum absolute atomic E-state index is 0.177. The van der Waals surface area contributed by atoms with E-state index in [4.69, 9.17) is 4.52 Å². The Hall–Kier alpha value is -2.19. The largest absolute Gasteiger partial charge is 0.361 e. The zero-order chi connectivity index (χ0) is 20.1. The quantitative estimate of drug-likeness (QED) is 0.692. The van der Waals surface area contributed by atoms with Gasteiger partial charge in [0.1, 0.15) is 5.76 Å². The number of hydrogen-bond donors (Lipinski definition) is 1. The van der Waals surface area contributed by atoms with E-state index in [0.29, 0.717) is 24.5 Å². The van der Waals surface area contributed by atoms with Gasteiger partial charge in [-0.1, -0.05) is 12.1 Å². The second-order valence-corrected chi connectivity index (χ2v) is 7.54. The molecular weight excluding hydrogens is 356 g/mol. The molecule has 8 heteroatoms. The molecule has 8 nitrogen and oxygen atoms in total. The van der Waals surface area contributed by atoms with Crippen LogP contribution in [0.3, 0.4) is 0 Å². The molecule has 0 radical (unpaired) electrons. The van der Waals surface area contributed by atoms with Crippen molar-refractivity contribution >= 4 is 5.91 Å². The van der Waals surface area contributed by atoms with Gasteiger partial charge in [0.25, 0.3) is 5.91 Å². The Bertz CT molecular complexity index is 789. The highest BCUT2D eigenvalue weighted by Gasteiger charge is 2.21. The van der Waals surface area contributed by atoms with Crippen molar-refractivity contribution in [2.24, 2.45) is 0 Å². The topological polar surface area (TPSA) is 79.4 Å². The number of amides is 1. The van der Waals surface area contributed by atoms with Gasteiger partial charge in [-0.25, -0.2) is 0 Å². The first-order valence-electron chi connectivity index (χ1n) is 10.2. The molecule has 1 N–H and O–H groups in total. The lowest BCUT2D eigenvalue weighted by atomic mass is 10.2. The van der Waals surface area contributed by atoms with Crippen molar-refractivity contribution in [2.45, 2.75) is 40.7 Å². The summed E-state index contributed by atoms with van der Waals surface area (Å²) in [7, 11) is 0. The first kappa shape index (κ1) is 20.5. The second-order valence-electron chi connectivity index (χ2n) is 7.54. The molecular formula is C20H32N6O2. The average molecular weight is 389 g/mol. The van der Waals surface area contributed by atoms with E-state index in [1.54, 1.807) is 0 Å². The van der Waals surface area contributed by atoms with E-state index in [0.717, 1.165) is 62.6 Å². The zero-order valence-electron chi connectivity index (χ0n) is 17.5. The first-order valence-corrected chi connectivity index (χ1v) is 10.2. The lowest BCUT2D eigenvalue weighted by molar-refractivity contribution is 0.0938. The summed E-state index contributed by atoms with van der Waals surface area (Å²) in [6.45, 7) is 15.7. The first-order chi connectivity index (χ1) is 13.5. The van der Waals surface area contributed by atoms with Crippen LogP contribution in [0, 0.1) is 20.8 Å². The van der Waals surface area contributed by atoms with Gasteiger partial charge in [0, 0.05) is 44.0 Å². The Morgan fingerprint density at radius 2 is 1.89 bits per heavy atom. The molecule has 1 fully saturated rings. The maximum Gasteiger partial charge on any atom is 0.273 e. The number of piperazine rings is 1. The maximum atomic E-state index is 12.6. The molecule has 0 spiro atoms. The second kappa shape index (κ2) is 9.34. The average Bonchev–Trinajstić information content (AvgIpc) is 3.21. The van der Waals surface area contributed by atoms with Crippen LogP contribution in [0.4, 0.5) is 0 Å². The van der Waals surface area contributed by atoms with Gasteiger partial charge in [-0.2, -0.15) is 5.10 Å². The maximum absolute atomic E-state index is 12.6. The third-order valence-corrected chi connectivity index (χ3v) is 5.46. The molecule has 0 saturated carbocycles.